The molecule has 1 amide bonds. The molecular weight excluding hydrogens is 248 g/mol. The van der Waals surface area contributed by atoms with Crippen LogP contribution >= 0.6 is 0 Å². The maximum Gasteiger partial charge on any atom is 0.227 e. The number of hydrogen-bond donors (Lipinski definition) is 2. The van der Waals surface area contributed by atoms with Crippen LogP contribution in [-0.2, 0) is 11.2 Å². The molecule has 0 aliphatic heterocycles. The van der Waals surface area contributed by atoms with Gasteiger partial charge in [-0.05, 0) is 36.6 Å². The van der Waals surface area contributed by atoms with Crippen molar-refractivity contribution in [2.24, 2.45) is 0 Å². The van der Waals surface area contributed by atoms with Gasteiger partial charge in [0.2, 0.25) is 5.91 Å². The van der Waals surface area contributed by atoms with Gasteiger partial charge >= 0.3 is 0 Å². The van der Waals surface area contributed by atoms with Crippen LogP contribution < -0.4 is 11.1 Å². The molecule has 2 aromatic rings. The van der Waals surface area contributed by atoms with Gasteiger partial charge in [-0.25, -0.2) is 0 Å². The highest BCUT2D eigenvalue weighted by Gasteiger charge is 2.19. The van der Waals surface area contributed by atoms with Crippen molar-refractivity contribution < 1.29 is 4.79 Å². The summed E-state index contributed by atoms with van der Waals surface area (Å²) in [5.74, 6) is -0.168. The molecule has 0 radical (unpaired) electrons. The molecule has 2 rings (SSSR count). The highest BCUT2D eigenvalue weighted by atomic mass is 16.1. The molecule has 0 saturated carbocycles. The van der Waals surface area contributed by atoms with E-state index in [1.54, 1.807) is 7.05 Å². The van der Waals surface area contributed by atoms with Crippen molar-refractivity contribution in [3.8, 4) is 0 Å². The largest absolute Gasteiger partial charge is 0.399 e. The second-order valence-corrected chi connectivity index (χ2v) is 5.02. The minimum absolute atomic E-state index is 0.0235. The normalized spacial score (nSPS) is 11.9. The monoisotopic (exact) mass is 268 g/mol. The van der Waals surface area contributed by atoms with E-state index >= 15 is 0 Å². The topological polar surface area (TPSA) is 55.1 Å². The Hall–Kier alpha value is -2.29. The molecule has 0 heterocycles. The van der Waals surface area contributed by atoms with Crippen molar-refractivity contribution in [2.45, 2.75) is 19.3 Å². The van der Waals surface area contributed by atoms with Gasteiger partial charge in [-0.15, -0.1) is 0 Å². The van der Waals surface area contributed by atoms with Crippen LogP contribution in [0.3, 0.4) is 0 Å². The number of benzene rings is 2. The zero-order chi connectivity index (χ0) is 14.5. The summed E-state index contributed by atoms with van der Waals surface area (Å²) in [6.45, 7) is 2.06. The first-order valence-corrected chi connectivity index (χ1v) is 6.72. The van der Waals surface area contributed by atoms with Crippen LogP contribution in [0.15, 0.2) is 48.5 Å². The van der Waals surface area contributed by atoms with E-state index < -0.39 is 0 Å². The van der Waals surface area contributed by atoms with Crippen molar-refractivity contribution in [1.29, 1.82) is 0 Å². The number of nitrogens with one attached hydrogen (secondary N) is 1. The molecule has 104 valence electrons. The molecule has 3 heteroatoms. The van der Waals surface area contributed by atoms with Gasteiger partial charge in [0, 0.05) is 12.7 Å². The van der Waals surface area contributed by atoms with Crippen LogP contribution in [0.5, 0.6) is 0 Å². The fraction of sp³-hybridized carbons (Fsp3) is 0.235. The van der Waals surface area contributed by atoms with Crippen molar-refractivity contribution in [3.63, 3.8) is 0 Å². The second kappa shape index (κ2) is 6.24. The third-order valence-electron chi connectivity index (χ3n) is 3.46. The van der Waals surface area contributed by atoms with E-state index in [1.165, 1.54) is 5.56 Å². The van der Waals surface area contributed by atoms with E-state index in [0.29, 0.717) is 12.1 Å². The summed E-state index contributed by atoms with van der Waals surface area (Å²) in [7, 11) is 1.67. The molecule has 0 saturated heterocycles. The van der Waals surface area contributed by atoms with E-state index in [4.69, 9.17) is 5.73 Å². The Kier molecular flexibility index (Phi) is 4.41. The van der Waals surface area contributed by atoms with Crippen LogP contribution in [-0.4, -0.2) is 13.0 Å². The third-order valence-corrected chi connectivity index (χ3v) is 3.46. The van der Waals surface area contributed by atoms with Gasteiger partial charge in [0.05, 0.1) is 5.92 Å². The Bertz CT molecular complexity index is 573. The summed E-state index contributed by atoms with van der Waals surface area (Å²) in [5, 5.41) is 2.74. The predicted molar refractivity (Wildman–Crippen MR) is 82.5 cm³/mol. The first-order chi connectivity index (χ1) is 9.60. The first kappa shape index (κ1) is 14.1. The zero-order valence-electron chi connectivity index (χ0n) is 11.9. The maximum atomic E-state index is 12.1. The highest BCUT2D eigenvalue weighted by Crippen LogP contribution is 2.22. The first-order valence-electron chi connectivity index (χ1n) is 6.72. The lowest BCUT2D eigenvalue weighted by Gasteiger charge is -2.16. The number of hydrogen-bond acceptors (Lipinski definition) is 2. The van der Waals surface area contributed by atoms with Crippen molar-refractivity contribution in [3.05, 3.63) is 65.2 Å². The molecule has 3 nitrogen and oxygen atoms in total. The lowest BCUT2D eigenvalue weighted by atomic mass is 9.91. The molecule has 0 aromatic heterocycles. The standard InChI is InChI=1S/C17H20N2O/c1-12-3-5-13(6-4-12)11-16(17(20)19-2)14-7-9-15(18)10-8-14/h3-10,16H,11,18H2,1-2H3,(H,19,20). The van der Waals surface area contributed by atoms with Gasteiger partial charge in [0.1, 0.15) is 0 Å². The Labute approximate surface area is 119 Å². The van der Waals surface area contributed by atoms with Gasteiger partial charge < -0.3 is 11.1 Å². The molecule has 3 N–H and O–H groups in total. The third kappa shape index (κ3) is 3.38. The number of aryl methyl sites for hydroxylation is 1. The molecule has 0 fully saturated rings. The van der Waals surface area contributed by atoms with Crippen LogP contribution in [0.4, 0.5) is 5.69 Å². The predicted octanol–water partition coefficient (Wildman–Crippen LogP) is 2.65. The van der Waals surface area contributed by atoms with E-state index in [2.05, 4.69) is 36.5 Å². The SMILES string of the molecule is CNC(=O)C(Cc1ccc(C)cc1)c1ccc(N)cc1. The van der Waals surface area contributed by atoms with E-state index in [0.717, 1.165) is 11.1 Å². The summed E-state index contributed by atoms with van der Waals surface area (Å²) in [5.41, 5.74) is 9.77. The Morgan fingerprint density at radius 3 is 2.25 bits per heavy atom. The summed E-state index contributed by atoms with van der Waals surface area (Å²) in [4.78, 5) is 12.1. The summed E-state index contributed by atoms with van der Waals surface area (Å²) >= 11 is 0. The van der Waals surface area contributed by atoms with Crippen LogP contribution in [0.1, 0.15) is 22.6 Å². The number of carbonyl (C=O) groups is 1. The van der Waals surface area contributed by atoms with E-state index in [-0.39, 0.29) is 11.8 Å². The number of nitrogens with two attached hydrogens (primary N) is 1. The zero-order valence-corrected chi connectivity index (χ0v) is 11.9. The number of amides is 1. The highest BCUT2D eigenvalue weighted by molar-refractivity contribution is 5.83. The van der Waals surface area contributed by atoms with E-state index in [1.807, 2.05) is 24.3 Å². The molecule has 0 aliphatic carbocycles. The second-order valence-electron chi connectivity index (χ2n) is 5.02. The molecule has 0 bridgehead atoms. The van der Waals surface area contributed by atoms with Crippen molar-refractivity contribution in [2.75, 3.05) is 12.8 Å². The summed E-state index contributed by atoms with van der Waals surface area (Å²) in [6, 6.07) is 15.8. The van der Waals surface area contributed by atoms with Crippen molar-refractivity contribution >= 4 is 11.6 Å². The van der Waals surface area contributed by atoms with Crippen LogP contribution in [0.2, 0.25) is 0 Å². The van der Waals surface area contributed by atoms with Gasteiger partial charge in [-0.1, -0.05) is 42.0 Å². The Morgan fingerprint density at radius 2 is 1.70 bits per heavy atom. The Morgan fingerprint density at radius 1 is 1.10 bits per heavy atom. The molecule has 1 atom stereocenters. The fourth-order valence-electron chi connectivity index (χ4n) is 2.22. The lowest BCUT2D eigenvalue weighted by molar-refractivity contribution is -0.122. The average Bonchev–Trinajstić information content (AvgIpc) is 2.47. The summed E-state index contributed by atoms with van der Waals surface area (Å²) < 4.78 is 0. The number of anilines is 1. The van der Waals surface area contributed by atoms with Crippen LogP contribution in [0.25, 0.3) is 0 Å². The average molecular weight is 268 g/mol. The lowest BCUT2D eigenvalue weighted by Crippen LogP contribution is -2.27. The van der Waals surface area contributed by atoms with Gasteiger partial charge in [-0.2, -0.15) is 0 Å². The summed E-state index contributed by atoms with van der Waals surface area (Å²) in [6.07, 6.45) is 0.684. The quantitative estimate of drug-likeness (QED) is 0.838. The minimum atomic E-state index is -0.191. The van der Waals surface area contributed by atoms with Crippen molar-refractivity contribution in [1.82, 2.24) is 5.32 Å². The number of likely N-dealkylation sites (N-methyl/N-ethyl adjacent to an activating group) is 1. The molecule has 2 aromatic carbocycles. The molecule has 0 spiro atoms. The van der Waals surface area contributed by atoms with E-state index in [9.17, 15) is 4.79 Å². The molecule has 0 aliphatic rings. The van der Waals surface area contributed by atoms with Gasteiger partial charge in [0.25, 0.3) is 0 Å². The smallest absolute Gasteiger partial charge is 0.227 e. The Balaban J connectivity index is 2.26. The number of carbonyl (C=O) groups excluding carboxylic acids is 1. The molecule has 1 unspecified atom stereocenters. The minimum Gasteiger partial charge on any atom is -0.399 e. The van der Waals surface area contributed by atoms with Gasteiger partial charge in [0.15, 0.2) is 0 Å². The number of nitrogen functional groups attached to an aromatic ring is 1. The number of rotatable bonds is 4. The maximum absolute atomic E-state index is 12.1. The molecule has 20 heavy (non-hydrogen) atoms. The molecular formula is C17H20N2O. The fourth-order valence-corrected chi connectivity index (χ4v) is 2.22. The van der Waals surface area contributed by atoms with Gasteiger partial charge in [-0.3, -0.25) is 4.79 Å². The van der Waals surface area contributed by atoms with Crippen LogP contribution in [0, 0.1) is 6.92 Å².